The standard InChI is InChI=1S/C16H24FN3O2/c17-13(10-12-6-2-1-3-7-12)16(21)20-9-5-4-8-14(20)15-18-11-22-19-15/h11-14H,1-10H2/t13-,14+/m0/s1. The number of nitrogens with zero attached hydrogens (tertiary/aromatic N) is 3. The number of alkyl halides is 1. The van der Waals surface area contributed by atoms with Gasteiger partial charge in [0.25, 0.3) is 5.91 Å². The second-order valence-corrected chi connectivity index (χ2v) is 6.54. The molecule has 22 heavy (non-hydrogen) atoms. The van der Waals surface area contributed by atoms with E-state index < -0.39 is 6.17 Å². The summed E-state index contributed by atoms with van der Waals surface area (Å²) in [5, 5.41) is 3.85. The molecule has 0 radical (unpaired) electrons. The van der Waals surface area contributed by atoms with E-state index in [1.807, 2.05) is 0 Å². The molecule has 3 rings (SSSR count). The van der Waals surface area contributed by atoms with Crippen LogP contribution in [0.15, 0.2) is 10.9 Å². The van der Waals surface area contributed by atoms with E-state index in [1.165, 1.54) is 25.7 Å². The van der Waals surface area contributed by atoms with Gasteiger partial charge in [-0.2, -0.15) is 4.98 Å². The minimum absolute atomic E-state index is 0.232. The molecule has 0 aromatic carbocycles. The van der Waals surface area contributed by atoms with Gasteiger partial charge in [-0.15, -0.1) is 0 Å². The molecule has 1 saturated carbocycles. The Labute approximate surface area is 130 Å². The molecule has 1 amide bonds. The Balaban J connectivity index is 1.63. The average Bonchev–Trinajstić information content (AvgIpc) is 3.09. The molecule has 1 aliphatic carbocycles. The first kappa shape index (κ1) is 15.4. The number of amides is 1. The molecule has 5 nitrogen and oxygen atoms in total. The largest absolute Gasteiger partial charge is 0.343 e. The first-order valence-corrected chi connectivity index (χ1v) is 8.46. The Morgan fingerprint density at radius 3 is 2.77 bits per heavy atom. The predicted molar refractivity (Wildman–Crippen MR) is 78.7 cm³/mol. The number of hydrogen-bond acceptors (Lipinski definition) is 4. The van der Waals surface area contributed by atoms with E-state index in [9.17, 15) is 9.18 Å². The summed E-state index contributed by atoms with van der Waals surface area (Å²) in [6.45, 7) is 0.586. The summed E-state index contributed by atoms with van der Waals surface area (Å²) in [7, 11) is 0. The van der Waals surface area contributed by atoms with E-state index >= 15 is 0 Å². The summed E-state index contributed by atoms with van der Waals surface area (Å²) in [5.41, 5.74) is 0. The van der Waals surface area contributed by atoms with Crippen molar-refractivity contribution in [2.45, 2.75) is 70.0 Å². The summed E-state index contributed by atoms with van der Waals surface area (Å²) in [6, 6.07) is -0.232. The number of aromatic nitrogens is 2. The quantitative estimate of drug-likeness (QED) is 0.855. The van der Waals surface area contributed by atoms with E-state index in [1.54, 1.807) is 4.90 Å². The van der Waals surface area contributed by atoms with Gasteiger partial charge in [0.15, 0.2) is 12.0 Å². The number of carbonyl (C=O) groups is 1. The molecular weight excluding hydrogens is 285 g/mol. The van der Waals surface area contributed by atoms with Crippen LogP contribution in [0.2, 0.25) is 0 Å². The third-order valence-electron chi connectivity index (χ3n) is 5.00. The molecule has 122 valence electrons. The molecule has 0 bridgehead atoms. The van der Waals surface area contributed by atoms with Gasteiger partial charge in [0.05, 0.1) is 6.04 Å². The molecule has 0 unspecified atom stereocenters. The van der Waals surface area contributed by atoms with Crippen LogP contribution >= 0.6 is 0 Å². The minimum Gasteiger partial charge on any atom is -0.343 e. The van der Waals surface area contributed by atoms with Crippen LogP contribution in [0.4, 0.5) is 4.39 Å². The molecule has 0 spiro atoms. The SMILES string of the molecule is O=C([C@@H](F)CC1CCCCC1)N1CCCC[C@@H]1c1ncon1. The fourth-order valence-corrected chi connectivity index (χ4v) is 3.79. The molecule has 2 aliphatic rings. The van der Waals surface area contributed by atoms with Gasteiger partial charge in [-0.25, -0.2) is 4.39 Å². The highest BCUT2D eigenvalue weighted by molar-refractivity contribution is 5.81. The van der Waals surface area contributed by atoms with Crippen LogP contribution in [0.1, 0.15) is 69.7 Å². The lowest BCUT2D eigenvalue weighted by atomic mass is 9.85. The predicted octanol–water partition coefficient (Wildman–Crippen LogP) is 3.43. The van der Waals surface area contributed by atoms with E-state index in [4.69, 9.17) is 4.52 Å². The summed E-state index contributed by atoms with van der Waals surface area (Å²) in [5.74, 6) is 0.471. The molecule has 2 heterocycles. The van der Waals surface area contributed by atoms with Gasteiger partial charge < -0.3 is 9.42 Å². The highest BCUT2D eigenvalue weighted by Crippen LogP contribution is 2.32. The Kier molecular flexibility index (Phi) is 5.05. The maximum Gasteiger partial charge on any atom is 0.257 e. The summed E-state index contributed by atoms with van der Waals surface area (Å²) >= 11 is 0. The average molecular weight is 309 g/mol. The van der Waals surface area contributed by atoms with Crippen LogP contribution in [-0.2, 0) is 4.79 Å². The van der Waals surface area contributed by atoms with Crippen molar-refractivity contribution < 1.29 is 13.7 Å². The Hall–Kier alpha value is -1.46. The van der Waals surface area contributed by atoms with Crippen molar-refractivity contribution in [1.82, 2.24) is 15.0 Å². The van der Waals surface area contributed by atoms with Crippen molar-refractivity contribution in [2.24, 2.45) is 5.92 Å². The van der Waals surface area contributed by atoms with Gasteiger partial charge in [0, 0.05) is 6.54 Å². The summed E-state index contributed by atoms with van der Waals surface area (Å²) in [4.78, 5) is 18.2. The van der Waals surface area contributed by atoms with Gasteiger partial charge >= 0.3 is 0 Å². The van der Waals surface area contributed by atoms with Crippen molar-refractivity contribution >= 4 is 5.91 Å². The molecule has 1 aromatic rings. The van der Waals surface area contributed by atoms with Crippen LogP contribution < -0.4 is 0 Å². The summed E-state index contributed by atoms with van der Waals surface area (Å²) < 4.78 is 19.3. The first-order valence-electron chi connectivity index (χ1n) is 8.46. The zero-order valence-corrected chi connectivity index (χ0v) is 12.9. The second-order valence-electron chi connectivity index (χ2n) is 6.54. The van der Waals surface area contributed by atoms with Crippen LogP contribution in [-0.4, -0.2) is 33.7 Å². The van der Waals surface area contributed by atoms with Crippen molar-refractivity contribution in [2.75, 3.05) is 6.54 Å². The van der Waals surface area contributed by atoms with Gasteiger partial charge in [-0.1, -0.05) is 37.3 Å². The topological polar surface area (TPSA) is 59.2 Å². The number of piperidine rings is 1. The number of likely N-dealkylation sites (tertiary alicyclic amines) is 1. The molecule has 0 N–H and O–H groups in total. The number of halogens is 1. The van der Waals surface area contributed by atoms with Crippen molar-refractivity contribution in [3.63, 3.8) is 0 Å². The molecule has 2 fully saturated rings. The fraction of sp³-hybridized carbons (Fsp3) is 0.812. The normalized spacial score (nSPS) is 25.1. The van der Waals surface area contributed by atoms with E-state index in [0.717, 1.165) is 32.1 Å². The third-order valence-corrected chi connectivity index (χ3v) is 5.00. The van der Waals surface area contributed by atoms with Crippen molar-refractivity contribution in [3.05, 3.63) is 12.2 Å². The minimum atomic E-state index is -1.39. The van der Waals surface area contributed by atoms with Crippen LogP contribution in [0.3, 0.4) is 0 Å². The maximum absolute atomic E-state index is 14.5. The van der Waals surface area contributed by atoms with Gasteiger partial charge in [0.1, 0.15) is 0 Å². The number of carbonyl (C=O) groups excluding carboxylic acids is 1. The molecular formula is C16H24FN3O2. The van der Waals surface area contributed by atoms with Crippen LogP contribution in [0.25, 0.3) is 0 Å². The molecule has 2 atom stereocenters. The van der Waals surface area contributed by atoms with E-state index in [2.05, 4.69) is 10.1 Å². The lowest BCUT2D eigenvalue weighted by Gasteiger charge is -2.35. The maximum atomic E-state index is 14.5. The third kappa shape index (κ3) is 3.47. The number of rotatable bonds is 4. The zero-order valence-electron chi connectivity index (χ0n) is 12.9. The van der Waals surface area contributed by atoms with E-state index in [0.29, 0.717) is 24.7 Å². The smallest absolute Gasteiger partial charge is 0.257 e. The molecule has 1 saturated heterocycles. The highest BCUT2D eigenvalue weighted by Gasteiger charge is 2.35. The fourth-order valence-electron chi connectivity index (χ4n) is 3.79. The Morgan fingerprint density at radius 2 is 2.05 bits per heavy atom. The molecule has 6 heteroatoms. The van der Waals surface area contributed by atoms with Gasteiger partial charge in [-0.3, -0.25) is 4.79 Å². The van der Waals surface area contributed by atoms with Crippen molar-refractivity contribution in [3.8, 4) is 0 Å². The van der Waals surface area contributed by atoms with Crippen LogP contribution in [0, 0.1) is 5.92 Å². The van der Waals surface area contributed by atoms with Crippen molar-refractivity contribution in [1.29, 1.82) is 0 Å². The molecule has 1 aliphatic heterocycles. The second kappa shape index (κ2) is 7.20. The number of hydrogen-bond donors (Lipinski definition) is 0. The lowest BCUT2D eigenvalue weighted by Crippen LogP contribution is -2.43. The highest BCUT2D eigenvalue weighted by atomic mass is 19.1. The van der Waals surface area contributed by atoms with Crippen LogP contribution in [0.5, 0.6) is 0 Å². The Bertz CT molecular complexity index is 474. The lowest BCUT2D eigenvalue weighted by molar-refractivity contribution is -0.141. The van der Waals surface area contributed by atoms with Gasteiger partial charge in [0.2, 0.25) is 6.39 Å². The zero-order chi connectivity index (χ0) is 15.4. The van der Waals surface area contributed by atoms with E-state index in [-0.39, 0.29) is 11.9 Å². The molecule has 1 aromatic heterocycles. The first-order chi connectivity index (χ1) is 10.8. The van der Waals surface area contributed by atoms with Gasteiger partial charge in [-0.05, 0) is 31.6 Å². The summed E-state index contributed by atoms with van der Waals surface area (Å²) in [6.07, 6.45) is 8.63. The Morgan fingerprint density at radius 1 is 1.27 bits per heavy atom. The monoisotopic (exact) mass is 309 g/mol.